The number of rotatable bonds is 10. The SMILES string of the molecule is COc1ccc([C@@H]2CN(Cc3ccccc3)CC2(C)C(C)CCO)cc1OCC1CC1. The minimum atomic E-state index is 0.0832. The number of methoxy groups -OCH3 is 1. The third kappa shape index (κ3) is 5.07. The van der Waals surface area contributed by atoms with Crippen LogP contribution in [0.15, 0.2) is 48.5 Å². The van der Waals surface area contributed by atoms with Crippen molar-refractivity contribution in [3.63, 3.8) is 0 Å². The number of likely N-dealkylation sites (tertiary alicyclic amines) is 1. The molecule has 2 aliphatic rings. The summed E-state index contributed by atoms with van der Waals surface area (Å²) >= 11 is 0. The highest BCUT2D eigenvalue weighted by molar-refractivity contribution is 5.45. The zero-order valence-corrected chi connectivity index (χ0v) is 19.2. The molecule has 0 bridgehead atoms. The number of hydrogen-bond donors (Lipinski definition) is 1. The van der Waals surface area contributed by atoms with E-state index in [9.17, 15) is 5.11 Å². The summed E-state index contributed by atoms with van der Waals surface area (Å²) in [6.07, 6.45) is 3.37. The molecule has 2 fully saturated rings. The summed E-state index contributed by atoms with van der Waals surface area (Å²) in [5.74, 6) is 3.18. The van der Waals surface area contributed by atoms with E-state index in [1.165, 1.54) is 24.0 Å². The van der Waals surface area contributed by atoms with E-state index in [2.05, 4.69) is 67.3 Å². The Bertz CT molecular complexity index is 851. The average Bonchev–Trinajstić information content (AvgIpc) is 3.55. The van der Waals surface area contributed by atoms with Gasteiger partial charge in [-0.05, 0) is 59.8 Å². The highest BCUT2D eigenvalue weighted by Gasteiger charge is 2.46. The molecule has 0 aromatic heterocycles. The summed E-state index contributed by atoms with van der Waals surface area (Å²) in [7, 11) is 1.71. The third-order valence-corrected chi connectivity index (χ3v) is 7.50. The maximum absolute atomic E-state index is 9.66. The Morgan fingerprint density at radius 2 is 1.90 bits per heavy atom. The molecule has 4 nitrogen and oxygen atoms in total. The van der Waals surface area contributed by atoms with Crippen LogP contribution in [0.5, 0.6) is 11.5 Å². The van der Waals surface area contributed by atoms with Gasteiger partial charge in [0.25, 0.3) is 0 Å². The number of ether oxygens (including phenoxy) is 2. The van der Waals surface area contributed by atoms with Crippen LogP contribution >= 0.6 is 0 Å². The molecule has 0 radical (unpaired) electrons. The molecule has 2 unspecified atom stereocenters. The first-order chi connectivity index (χ1) is 15.0. The zero-order chi connectivity index (χ0) is 21.8. The lowest BCUT2D eigenvalue weighted by Crippen LogP contribution is -2.34. The molecule has 1 aliphatic carbocycles. The zero-order valence-electron chi connectivity index (χ0n) is 19.2. The van der Waals surface area contributed by atoms with Crippen LogP contribution in [0.2, 0.25) is 0 Å². The highest BCUT2D eigenvalue weighted by Crippen LogP contribution is 2.50. The standard InChI is InChI=1S/C27H37NO3/c1-20(13-14-29)27(2)19-28(16-21-7-5-4-6-8-21)17-24(27)23-11-12-25(30-3)26(15-23)31-18-22-9-10-22/h4-8,11-12,15,20,22,24,29H,9-10,13-14,16-19H2,1-3H3/t20?,24-,27?/m0/s1. The molecular formula is C27H37NO3. The number of hydrogen-bond acceptors (Lipinski definition) is 4. The lowest BCUT2D eigenvalue weighted by Gasteiger charge is -2.37. The van der Waals surface area contributed by atoms with Crippen molar-refractivity contribution in [2.75, 3.05) is 33.4 Å². The Balaban J connectivity index is 1.60. The summed E-state index contributed by atoms with van der Waals surface area (Å²) in [4.78, 5) is 2.57. The van der Waals surface area contributed by atoms with Gasteiger partial charge in [0, 0.05) is 32.2 Å². The van der Waals surface area contributed by atoms with Crippen molar-refractivity contribution in [1.82, 2.24) is 4.90 Å². The summed E-state index contributed by atoms with van der Waals surface area (Å²) in [5, 5.41) is 9.66. The highest BCUT2D eigenvalue weighted by atomic mass is 16.5. The molecule has 2 aromatic carbocycles. The van der Waals surface area contributed by atoms with Crippen molar-refractivity contribution in [1.29, 1.82) is 0 Å². The van der Waals surface area contributed by atoms with E-state index in [0.29, 0.717) is 17.8 Å². The molecule has 4 heteroatoms. The van der Waals surface area contributed by atoms with Crippen LogP contribution in [0.4, 0.5) is 0 Å². The molecule has 1 saturated heterocycles. The number of aliphatic hydroxyl groups is 1. The lowest BCUT2D eigenvalue weighted by molar-refractivity contribution is 0.141. The molecular weight excluding hydrogens is 386 g/mol. The fraction of sp³-hybridized carbons (Fsp3) is 0.556. The third-order valence-electron chi connectivity index (χ3n) is 7.50. The van der Waals surface area contributed by atoms with Gasteiger partial charge in [-0.1, -0.05) is 50.2 Å². The fourth-order valence-corrected chi connectivity index (χ4v) is 5.11. The van der Waals surface area contributed by atoms with Crippen molar-refractivity contribution < 1.29 is 14.6 Å². The van der Waals surface area contributed by atoms with E-state index in [-0.39, 0.29) is 12.0 Å². The molecule has 4 rings (SSSR count). The van der Waals surface area contributed by atoms with Crippen LogP contribution in [0, 0.1) is 17.3 Å². The molecule has 0 amide bonds. The van der Waals surface area contributed by atoms with Gasteiger partial charge in [-0.15, -0.1) is 0 Å². The van der Waals surface area contributed by atoms with Crippen LogP contribution in [-0.4, -0.2) is 43.4 Å². The fourth-order valence-electron chi connectivity index (χ4n) is 5.11. The van der Waals surface area contributed by atoms with Gasteiger partial charge in [0.15, 0.2) is 11.5 Å². The normalized spacial score (nSPS) is 24.8. The van der Waals surface area contributed by atoms with E-state index < -0.39 is 0 Å². The number of aliphatic hydroxyl groups excluding tert-OH is 1. The predicted octanol–water partition coefficient (Wildman–Crippen LogP) is 5.11. The number of benzene rings is 2. The van der Waals surface area contributed by atoms with Crippen molar-refractivity contribution in [2.24, 2.45) is 17.3 Å². The van der Waals surface area contributed by atoms with Gasteiger partial charge < -0.3 is 14.6 Å². The van der Waals surface area contributed by atoms with Crippen LogP contribution in [-0.2, 0) is 6.54 Å². The van der Waals surface area contributed by atoms with Crippen molar-refractivity contribution in [3.8, 4) is 11.5 Å². The van der Waals surface area contributed by atoms with Gasteiger partial charge in [-0.25, -0.2) is 0 Å². The van der Waals surface area contributed by atoms with Gasteiger partial charge in [0.05, 0.1) is 13.7 Å². The minimum Gasteiger partial charge on any atom is -0.493 e. The van der Waals surface area contributed by atoms with Gasteiger partial charge in [0.1, 0.15) is 0 Å². The van der Waals surface area contributed by atoms with E-state index in [0.717, 1.165) is 44.2 Å². The van der Waals surface area contributed by atoms with E-state index in [4.69, 9.17) is 9.47 Å². The maximum atomic E-state index is 9.66. The first kappa shape index (κ1) is 22.2. The molecule has 1 heterocycles. The van der Waals surface area contributed by atoms with Crippen molar-refractivity contribution in [3.05, 3.63) is 59.7 Å². The predicted molar refractivity (Wildman–Crippen MR) is 125 cm³/mol. The van der Waals surface area contributed by atoms with Gasteiger partial charge in [-0.2, -0.15) is 0 Å². The van der Waals surface area contributed by atoms with Gasteiger partial charge in [0.2, 0.25) is 0 Å². The summed E-state index contributed by atoms with van der Waals surface area (Å²) < 4.78 is 11.8. The van der Waals surface area contributed by atoms with Gasteiger partial charge in [-0.3, -0.25) is 4.90 Å². The molecule has 1 N–H and O–H groups in total. The molecule has 1 saturated carbocycles. The first-order valence-electron chi connectivity index (χ1n) is 11.7. The molecule has 0 spiro atoms. The van der Waals surface area contributed by atoms with Crippen LogP contribution in [0.25, 0.3) is 0 Å². The van der Waals surface area contributed by atoms with Crippen LogP contribution in [0.1, 0.15) is 50.2 Å². The molecule has 168 valence electrons. The van der Waals surface area contributed by atoms with Gasteiger partial charge >= 0.3 is 0 Å². The topological polar surface area (TPSA) is 41.9 Å². The first-order valence-corrected chi connectivity index (χ1v) is 11.7. The average molecular weight is 424 g/mol. The monoisotopic (exact) mass is 423 g/mol. The van der Waals surface area contributed by atoms with Crippen LogP contribution in [0.3, 0.4) is 0 Å². The maximum Gasteiger partial charge on any atom is 0.161 e. The Morgan fingerprint density at radius 3 is 2.58 bits per heavy atom. The lowest BCUT2D eigenvalue weighted by atomic mass is 9.67. The second kappa shape index (κ2) is 9.62. The summed E-state index contributed by atoms with van der Waals surface area (Å²) in [6, 6.07) is 17.2. The summed E-state index contributed by atoms with van der Waals surface area (Å²) in [6.45, 7) is 8.71. The van der Waals surface area contributed by atoms with Crippen molar-refractivity contribution in [2.45, 2.75) is 45.6 Å². The van der Waals surface area contributed by atoms with Crippen LogP contribution < -0.4 is 9.47 Å². The Labute approximate surface area is 187 Å². The molecule has 31 heavy (non-hydrogen) atoms. The quantitative estimate of drug-likeness (QED) is 0.577. The Kier molecular flexibility index (Phi) is 6.88. The van der Waals surface area contributed by atoms with E-state index in [1.54, 1.807) is 7.11 Å². The molecule has 3 atom stereocenters. The largest absolute Gasteiger partial charge is 0.493 e. The second-order valence-electron chi connectivity index (χ2n) is 9.79. The molecule has 2 aromatic rings. The Morgan fingerprint density at radius 1 is 1.13 bits per heavy atom. The van der Waals surface area contributed by atoms with E-state index >= 15 is 0 Å². The second-order valence-corrected chi connectivity index (χ2v) is 9.79. The van der Waals surface area contributed by atoms with Crippen molar-refractivity contribution >= 4 is 0 Å². The minimum absolute atomic E-state index is 0.0832. The smallest absolute Gasteiger partial charge is 0.161 e. The molecule has 1 aliphatic heterocycles. The van der Waals surface area contributed by atoms with E-state index in [1.807, 2.05) is 0 Å². The Hall–Kier alpha value is -2.04. The summed E-state index contributed by atoms with van der Waals surface area (Å²) in [5.41, 5.74) is 2.75. The number of nitrogens with zero attached hydrogens (tertiary/aromatic N) is 1.